The average Bonchev–Trinajstić information content (AvgIpc) is 3.60. The number of phenols is 1. The molecule has 272 valence electrons. The zero-order valence-electron chi connectivity index (χ0n) is 30.0. The van der Waals surface area contributed by atoms with Gasteiger partial charge in [-0.1, -0.05) is 102 Å². The summed E-state index contributed by atoms with van der Waals surface area (Å²) >= 11 is 0. The van der Waals surface area contributed by atoms with Gasteiger partial charge in [0.15, 0.2) is 5.78 Å². The van der Waals surface area contributed by atoms with Crippen LogP contribution in [0.2, 0.25) is 0 Å². The number of benzene rings is 5. The van der Waals surface area contributed by atoms with E-state index in [1.54, 1.807) is 72.8 Å². The average molecular weight is 728 g/mol. The minimum atomic E-state index is -1.39. The summed E-state index contributed by atoms with van der Waals surface area (Å²) in [6.07, 6.45) is 2.46. The first-order valence-corrected chi connectivity index (χ1v) is 18.5. The summed E-state index contributed by atoms with van der Waals surface area (Å²) in [6, 6.07) is 38.9. The van der Waals surface area contributed by atoms with E-state index in [0.717, 1.165) is 16.1 Å². The Bertz CT molecular complexity index is 2390. The Morgan fingerprint density at radius 1 is 0.709 bits per heavy atom. The zero-order chi connectivity index (χ0) is 38.0. The van der Waals surface area contributed by atoms with Crippen LogP contribution in [-0.4, -0.2) is 39.5 Å². The number of amides is 4. The molecule has 5 aromatic carbocycles. The fourth-order valence-corrected chi connectivity index (χ4v) is 9.56. The highest BCUT2D eigenvalue weighted by atomic mass is 16.3. The molecule has 0 aromatic heterocycles. The van der Waals surface area contributed by atoms with E-state index in [2.05, 4.69) is 5.43 Å². The van der Waals surface area contributed by atoms with E-state index in [1.165, 1.54) is 4.90 Å². The first-order valence-electron chi connectivity index (χ1n) is 18.5. The van der Waals surface area contributed by atoms with Crippen molar-refractivity contribution in [3.05, 3.63) is 173 Å². The number of aromatic hydroxyl groups is 1. The van der Waals surface area contributed by atoms with Crippen molar-refractivity contribution in [3.8, 4) is 5.75 Å². The number of nitrogens with one attached hydrogen (secondary N) is 1. The second-order valence-corrected chi connectivity index (χ2v) is 14.9. The van der Waals surface area contributed by atoms with Crippen molar-refractivity contribution < 1.29 is 29.1 Å². The minimum absolute atomic E-state index is 0.0549. The van der Waals surface area contributed by atoms with Gasteiger partial charge >= 0.3 is 0 Å². The van der Waals surface area contributed by atoms with Gasteiger partial charge in [0.05, 0.1) is 34.5 Å². The van der Waals surface area contributed by atoms with Crippen LogP contribution in [0.1, 0.15) is 51.4 Å². The number of anilines is 2. The molecule has 9 rings (SSSR count). The van der Waals surface area contributed by atoms with Crippen LogP contribution in [-0.2, 0) is 24.6 Å². The normalized spacial score (nSPS) is 25.6. The molecule has 9 nitrogen and oxygen atoms in total. The fourth-order valence-electron chi connectivity index (χ4n) is 9.56. The van der Waals surface area contributed by atoms with Gasteiger partial charge in [0.2, 0.25) is 11.8 Å². The molecule has 0 bridgehead atoms. The molecule has 4 amide bonds. The molecule has 2 aliphatic heterocycles. The number of nitrogens with zero attached hydrogens (tertiary/aromatic N) is 2. The van der Waals surface area contributed by atoms with Gasteiger partial charge in [-0.25, -0.2) is 0 Å². The number of imide groups is 2. The van der Waals surface area contributed by atoms with Crippen molar-refractivity contribution in [1.29, 1.82) is 0 Å². The van der Waals surface area contributed by atoms with Gasteiger partial charge in [0, 0.05) is 17.0 Å². The summed E-state index contributed by atoms with van der Waals surface area (Å²) in [5, 5.41) is 11.5. The lowest BCUT2D eigenvalue weighted by atomic mass is 9.49. The van der Waals surface area contributed by atoms with E-state index in [-0.39, 0.29) is 36.2 Å². The standard InChI is InChI=1S/C46H37N3O6/c1-27-12-18-32(19-13-27)47-49-43(53)38-26-37-35(40(28-16-22-34(50)23-17-28)46(38,45(49)55)31-10-6-3-7-11-31)24-25-36-39(37)44(54)48(42(36)52)33-20-14-30(15-21-33)41(51)29-8-4-2-5-9-29/h2-24,36-40,47,50H,25-26H2,1H3. The van der Waals surface area contributed by atoms with Gasteiger partial charge in [0.1, 0.15) is 5.75 Å². The molecule has 2 aliphatic carbocycles. The van der Waals surface area contributed by atoms with Crippen molar-refractivity contribution in [2.75, 3.05) is 10.3 Å². The summed E-state index contributed by atoms with van der Waals surface area (Å²) in [7, 11) is 0. The lowest BCUT2D eigenvalue weighted by molar-refractivity contribution is -0.138. The predicted molar refractivity (Wildman–Crippen MR) is 206 cm³/mol. The van der Waals surface area contributed by atoms with Gasteiger partial charge in [-0.05, 0) is 85.3 Å². The summed E-state index contributed by atoms with van der Waals surface area (Å²) in [5.41, 5.74) is 6.89. The Morgan fingerprint density at radius 3 is 2.02 bits per heavy atom. The van der Waals surface area contributed by atoms with E-state index in [4.69, 9.17) is 0 Å². The number of carbonyl (C=O) groups is 5. The molecule has 2 N–H and O–H groups in total. The second kappa shape index (κ2) is 13.1. The molecule has 0 radical (unpaired) electrons. The van der Waals surface area contributed by atoms with E-state index >= 15 is 4.79 Å². The van der Waals surface area contributed by atoms with Gasteiger partial charge in [-0.15, -0.1) is 0 Å². The maximum Gasteiger partial charge on any atom is 0.260 e. The molecule has 6 unspecified atom stereocenters. The molecular formula is C46H37N3O6. The smallest absolute Gasteiger partial charge is 0.260 e. The van der Waals surface area contributed by atoms with E-state index in [1.807, 2.05) is 73.7 Å². The molecule has 2 heterocycles. The van der Waals surface area contributed by atoms with Gasteiger partial charge in [-0.3, -0.25) is 34.3 Å². The predicted octanol–water partition coefficient (Wildman–Crippen LogP) is 7.12. The molecule has 0 spiro atoms. The summed E-state index contributed by atoms with van der Waals surface area (Å²) in [6.45, 7) is 1.96. The number of aryl methyl sites for hydroxylation is 1. The number of fused-ring (bicyclic) bond motifs is 4. The monoisotopic (exact) mass is 727 g/mol. The van der Waals surface area contributed by atoms with Crippen LogP contribution in [0.25, 0.3) is 0 Å². The molecular weight excluding hydrogens is 691 g/mol. The number of hydrogen-bond donors (Lipinski definition) is 2. The van der Waals surface area contributed by atoms with E-state index in [9.17, 15) is 24.3 Å². The van der Waals surface area contributed by atoms with Crippen LogP contribution in [0.4, 0.5) is 11.4 Å². The van der Waals surface area contributed by atoms with Crippen molar-refractivity contribution in [2.24, 2.45) is 23.7 Å². The minimum Gasteiger partial charge on any atom is -0.508 e. The van der Waals surface area contributed by atoms with Gasteiger partial charge < -0.3 is 5.11 Å². The number of allylic oxidation sites excluding steroid dienone is 2. The largest absolute Gasteiger partial charge is 0.508 e. The van der Waals surface area contributed by atoms with Crippen molar-refractivity contribution >= 4 is 40.8 Å². The number of phenolic OH excluding ortho intramolecular Hbond substituents is 1. The lowest BCUT2D eigenvalue weighted by Gasteiger charge is -2.50. The molecule has 6 atom stereocenters. The highest BCUT2D eigenvalue weighted by Crippen LogP contribution is 2.64. The first-order chi connectivity index (χ1) is 26.7. The molecule has 2 saturated heterocycles. The quantitative estimate of drug-likeness (QED) is 0.104. The van der Waals surface area contributed by atoms with Crippen LogP contribution in [0.3, 0.4) is 0 Å². The van der Waals surface area contributed by atoms with E-state index < -0.39 is 46.8 Å². The number of hydrogen-bond acceptors (Lipinski definition) is 7. The Hall–Kier alpha value is -6.61. The third-order valence-electron chi connectivity index (χ3n) is 12.0. The zero-order valence-corrected chi connectivity index (χ0v) is 30.0. The number of rotatable bonds is 7. The summed E-state index contributed by atoms with van der Waals surface area (Å²) in [4.78, 5) is 73.2. The van der Waals surface area contributed by atoms with Gasteiger partial charge in [0.25, 0.3) is 11.8 Å². The second-order valence-electron chi connectivity index (χ2n) is 14.9. The van der Waals surface area contributed by atoms with Crippen LogP contribution in [0.15, 0.2) is 145 Å². The Labute approximate surface area is 317 Å². The van der Waals surface area contributed by atoms with Crippen LogP contribution in [0, 0.1) is 30.6 Å². The molecule has 5 aromatic rings. The SMILES string of the molecule is Cc1ccc(NN2C(=O)C3CC4C(=CCC5C(=O)N(c6ccc(C(=O)c7ccccc7)cc6)C(=O)C54)C(c4ccc(O)cc4)C3(c3ccccc3)C2=O)cc1. The van der Waals surface area contributed by atoms with E-state index in [0.29, 0.717) is 33.6 Å². The highest BCUT2D eigenvalue weighted by Gasteiger charge is 2.70. The molecule has 1 saturated carbocycles. The maximum atomic E-state index is 15.2. The maximum absolute atomic E-state index is 15.2. The lowest BCUT2D eigenvalue weighted by Crippen LogP contribution is -2.53. The fraction of sp³-hybridized carbons (Fsp3) is 0.196. The van der Waals surface area contributed by atoms with Crippen LogP contribution >= 0.6 is 0 Å². The van der Waals surface area contributed by atoms with Crippen molar-refractivity contribution in [3.63, 3.8) is 0 Å². The summed E-state index contributed by atoms with van der Waals surface area (Å²) < 4.78 is 0. The number of ketones is 1. The summed E-state index contributed by atoms with van der Waals surface area (Å²) in [5.74, 6) is -5.17. The molecule has 4 aliphatic rings. The Balaban J connectivity index is 1.13. The molecule has 9 heteroatoms. The topological polar surface area (TPSA) is 124 Å². The van der Waals surface area contributed by atoms with Crippen LogP contribution in [0.5, 0.6) is 5.75 Å². The molecule has 55 heavy (non-hydrogen) atoms. The molecule has 3 fully saturated rings. The highest BCUT2D eigenvalue weighted by molar-refractivity contribution is 6.23. The third kappa shape index (κ3) is 5.25. The Kier molecular flexibility index (Phi) is 8.11. The third-order valence-corrected chi connectivity index (χ3v) is 12.0. The van der Waals surface area contributed by atoms with Crippen molar-refractivity contribution in [1.82, 2.24) is 5.01 Å². The first kappa shape index (κ1) is 34.2. The van der Waals surface area contributed by atoms with Crippen molar-refractivity contribution in [2.45, 2.75) is 31.1 Å². The number of carbonyl (C=O) groups excluding carboxylic acids is 5. The number of hydrazine groups is 1. The van der Waals surface area contributed by atoms with Crippen LogP contribution < -0.4 is 10.3 Å². The van der Waals surface area contributed by atoms with Gasteiger partial charge in [-0.2, -0.15) is 5.01 Å². The Morgan fingerprint density at radius 2 is 1.35 bits per heavy atom.